The average Bonchev–Trinajstić information content (AvgIpc) is 3.29. The van der Waals surface area contributed by atoms with Crippen LogP contribution in [0, 0.1) is 5.82 Å². The molecule has 1 N–H and O–H groups in total. The van der Waals surface area contributed by atoms with E-state index in [4.69, 9.17) is 9.84 Å². The van der Waals surface area contributed by atoms with Crippen molar-refractivity contribution >= 4 is 5.91 Å². The molecule has 0 radical (unpaired) electrons. The van der Waals surface area contributed by atoms with E-state index in [1.54, 1.807) is 17.0 Å². The first-order chi connectivity index (χ1) is 9.65. The maximum Gasteiger partial charge on any atom is 0.233 e. The number of carbonyl (C=O) groups is 1. The highest BCUT2D eigenvalue weighted by molar-refractivity contribution is 5.91. The van der Waals surface area contributed by atoms with Crippen LogP contribution in [0.25, 0.3) is 0 Å². The molecule has 1 heterocycles. The van der Waals surface area contributed by atoms with Gasteiger partial charge in [-0.3, -0.25) is 4.79 Å². The molecule has 1 atom stereocenters. The van der Waals surface area contributed by atoms with Crippen molar-refractivity contribution in [1.82, 2.24) is 4.90 Å². The zero-order valence-corrected chi connectivity index (χ0v) is 11.2. The minimum absolute atomic E-state index is 0.0749. The third-order valence-electron chi connectivity index (χ3n) is 4.19. The lowest BCUT2D eigenvalue weighted by molar-refractivity contribution is -0.143. The Bertz CT molecular complexity index is 498. The summed E-state index contributed by atoms with van der Waals surface area (Å²) >= 11 is 0. The Hall–Kier alpha value is -1.46. The van der Waals surface area contributed by atoms with Gasteiger partial charge in [-0.1, -0.05) is 12.1 Å². The van der Waals surface area contributed by atoms with Crippen molar-refractivity contribution in [2.45, 2.75) is 24.4 Å². The van der Waals surface area contributed by atoms with E-state index in [-0.39, 0.29) is 24.4 Å². The molecular weight excluding hydrogens is 261 g/mol. The summed E-state index contributed by atoms with van der Waals surface area (Å²) < 4.78 is 18.4. The summed E-state index contributed by atoms with van der Waals surface area (Å²) in [7, 11) is 0. The fourth-order valence-corrected chi connectivity index (χ4v) is 2.84. The minimum Gasteiger partial charge on any atom is -0.394 e. The average molecular weight is 279 g/mol. The minimum atomic E-state index is -0.481. The van der Waals surface area contributed by atoms with Gasteiger partial charge in [0.05, 0.1) is 24.7 Å². The first-order valence-corrected chi connectivity index (χ1v) is 6.93. The van der Waals surface area contributed by atoms with Crippen molar-refractivity contribution < 1.29 is 19.0 Å². The molecule has 0 spiro atoms. The summed E-state index contributed by atoms with van der Waals surface area (Å²) in [5.74, 6) is -0.213. The molecule has 108 valence electrons. The van der Waals surface area contributed by atoms with E-state index in [0.29, 0.717) is 19.7 Å². The molecule has 1 amide bonds. The molecular formula is C15H18FNO3. The molecule has 2 fully saturated rings. The molecule has 3 rings (SSSR count). The SMILES string of the molecule is O=C(N1CCOC(CO)C1)C1(c2ccc(F)cc2)CC1. The third-order valence-corrected chi connectivity index (χ3v) is 4.19. The number of carbonyl (C=O) groups excluding carboxylic acids is 1. The second-order valence-electron chi connectivity index (χ2n) is 5.52. The van der Waals surface area contributed by atoms with Gasteiger partial charge in [-0.2, -0.15) is 0 Å². The van der Waals surface area contributed by atoms with Gasteiger partial charge in [-0.25, -0.2) is 4.39 Å². The Morgan fingerprint density at radius 1 is 1.40 bits per heavy atom. The summed E-state index contributed by atoms with van der Waals surface area (Å²) in [4.78, 5) is 14.5. The van der Waals surface area contributed by atoms with Crippen LogP contribution in [-0.2, 0) is 14.9 Å². The van der Waals surface area contributed by atoms with Gasteiger partial charge in [-0.05, 0) is 30.5 Å². The van der Waals surface area contributed by atoms with Crippen molar-refractivity contribution in [3.05, 3.63) is 35.6 Å². The second-order valence-corrected chi connectivity index (χ2v) is 5.52. The Labute approximate surface area is 117 Å². The molecule has 0 aromatic heterocycles. The van der Waals surface area contributed by atoms with Crippen molar-refractivity contribution in [3.8, 4) is 0 Å². The molecule has 0 bridgehead atoms. The van der Waals surface area contributed by atoms with Gasteiger partial charge in [0.25, 0.3) is 0 Å². The quantitative estimate of drug-likeness (QED) is 0.900. The smallest absolute Gasteiger partial charge is 0.233 e. The van der Waals surface area contributed by atoms with Gasteiger partial charge in [-0.15, -0.1) is 0 Å². The summed E-state index contributed by atoms with van der Waals surface area (Å²) in [5, 5.41) is 9.15. The molecule has 1 aromatic rings. The van der Waals surface area contributed by atoms with Crippen LogP contribution >= 0.6 is 0 Å². The molecule has 1 aliphatic heterocycles. The highest BCUT2D eigenvalue weighted by Crippen LogP contribution is 2.49. The molecule has 1 saturated heterocycles. The van der Waals surface area contributed by atoms with E-state index in [1.165, 1.54) is 12.1 Å². The molecule has 1 aliphatic carbocycles. The predicted molar refractivity (Wildman–Crippen MR) is 70.7 cm³/mol. The Morgan fingerprint density at radius 2 is 2.10 bits per heavy atom. The number of benzene rings is 1. The van der Waals surface area contributed by atoms with Crippen molar-refractivity contribution in [1.29, 1.82) is 0 Å². The molecule has 4 nitrogen and oxygen atoms in total. The zero-order valence-electron chi connectivity index (χ0n) is 11.2. The largest absolute Gasteiger partial charge is 0.394 e. The maximum absolute atomic E-state index is 13.0. The van der Waals surface area contributed by atoms with Crippen molar-refractivity contribution in [2.75, 3.05) is 26.3 Å². The van der Waals surface area contributed by atoms with Crippen LogP contribution < -0.4 is 0 Å². The summed E-state index contributed by atoms with van der Waals surface area (Å²) in [5.41, 5.74) is 0.404. The number of rotatable bonds is 3. The molecule has 5 heteroatoms. The number of ether oxygens (including phenoxy) is 1. The molecule has 2 aliphatic rings. The molecule has 20 heavy (non-hydrogen) atoms. The highest BCUT2D eigenvalue weighted by atomic mass is 19.1. The van der Waals surface area contributed by atoms with E-state index in [9.17, 15) is 9.18 Å². The summed E-state index contributed by atoms with van der Waals surface area (Å²) in [6.45, 7) is 1.36. The number of aliphatic hydroxyl groups is 1. The first kappa shape index (κ1) is 13.5. The lowest BCUT2D eigenvalue weighted by Gasteiger charge is -2.34. The Morgan fingerprint density at radius 3 is 2.70 bits per heavy atom. The van der Waals surface area contributed by atoms with Crippen LogP contribution in [0.3, 0.4) is 0 Å². The molecule has 1 saturated carbocycles. The van der Waals surface area contributed by atoms with Crippen LogP contribution in [0.1, 0.15) is 18.4 Å². The van der Waals surface area contributed by atoms with Gasteiger partial charge in [0, 0.05) is 13.1 Å². The van der Waals surface area contributed by atoms with E-state index < -0.39 is 5.41 Å². The first-order valence-electron chi connectivity index (χ1n) is 6.93. The fraction of sp³-hybridized carbons (Fsp3) is 0.533. The monoisotopic (exact) mass is 279 g/mol. The van der Waals surface area contributed by atoms with E-state index in [1.807, 2.05) is 0 Å². The standard InChI is InChI=1S/C15H18FNO3/c16-12-3-1-11(2-4-12)15(5-6-15)14(19)17-7-8-20-13(9-17)10-18/h1-4,13,18H,5-10H2. The number of halogens is 1. The van der Waals surface area contributed by atoms with Crippen LogP contribution in [0.15, 0.2) is 24.3 Å². The van der Waals surface area contributed by atoms with E-state index in [0.717, 1.165) is 18.4 Å². The third kappa shape index (κ3) is 2.31. The van der Waals surface area contributed by atoms with Gasteiger partial charge >= 0.3 is 0 Å². The summed E-state index contributed by atoms with van der Waals surface area (Å²) in [6.07, 6.45) is 1.31. The molecule has 1 aromatic carbocycles. The van der Waals surface area contributed by atoms with Gasteiger partial charge in [0.1, 0.15) is 5.82 Å². The van der Waals surface area contributed by atoms with E-state index in [2.05, 4.69) is 0 Å². The van der Waals surface area contributed by atoms with Crippen molar-refractivity contribution in [3.63, 3.8) is 0 Å². The highest BCUT2D eigenvalue weighted by Gasteiger charge is 2.53. The number of amides is 1. The second kappa shape index (κ2) is 5.14. The topological polar surface area (TPSA) is 49.8 Å². The van der Waals surface area contributed by atoms with Gasteiger partial charge in [0.15, 0.2) is 0 Å². The van der Waals surface area contributed by atoms with Crippen LogP contribution in [-0.4, -0.2) is 48.3 Å². The number of hydrogen-bond acceptors (Lipinski definition) is 3. The zero-order chi connectivity index (χ0) is 14.2. The number of hydrogen-bond donors (Lipinski definition) is 1. The maximum atomic E-state index is 13.0. The number of aliphatic hydroxyl groups excluding tert-OH is 1. The van der Waals surface area contributed by atoms with Crippen LogP contribution in [0.2, 0.25) is 0 Å². The Balaban J connectivity index is 1.77. The predicted octanol–water partition coefficient (Wildman–Crippen LogP) is 1.08. The van der Waals surface area contributed by atoms with Gasteiger partial charge < -0.3 is 14.7 Å². The molecule has 1 unspecified atom stereocenters. The Kier molecular flexibility index (Phi) is 3.48. The van der Waals surface area contributed by atoms with E-state index >= 15 is 0 Å². The van der Waals surface area contributed by atoms with Crippen LogP contribution in [0.4, 0.5) is 4.39 Å². The van der Waals surface area contributed by atoms with Crippen molar-refractivity contribution in [2.24, 2.45) is 0 Å². The lowest BCUT2D eigenvalue weighted by atomic mass is 9.94. The number of nitrogens with zero attached hydrogens (tertiary/aromatic N) is 1. The fourth-order valence-electron chi connectivity index (χ4n) is 2.84. The van der Waals surface area contributed by atoms with Gasteiger partial charge in [0.2, 0.25) is 5.91 Å². The number of morpholine rings is 1. The normalized spacial score (nSPS) is 24.5. The summed E-state index contributed by atoms with van der Waals surface area (Å²) in [6, 6.07) is 6.20. The lowest BCUT2D eigenvalue weighted by Crippen LogP contribution is -2.50. The van der Waals surface area contributed by atoms with Crippen LogP contribution in [0.5, 0.6) is 0 Å².